The molecule has 0 saturated heterocycles. The summed E-state index contributed by atoms with van der Waals surface area (Å²) in [5.74, 6) is -2.25. The quantitative estimate of drug-likeness (QED) is 0.378. The first-order valence-corrected chi connectivity index (χ1v) is 14.4. The summed E-state index contributed by atoms with van der Waals surface area (Å²) in [5, 5.41) is 2.94. The van der Waals surface area contributed by atoms with Crippen LogP contribution in [0.2, 0.25) is 0 Å². The SMILES string of the molecule is CCC(C)NC(=O)C(CC)N(Cc1cccc(OC)c1)C(=O)CCCN(c1ccc(F)c(F)c1)S(C)(=O)=O. The summed E-state index contributed by atoms with van der Waals surface area (Å²) in [5.41, 5.74) is 0.735. The zero-order chi connectivity index (χ0) is 28.5. The van der Waals surface area contributed by atoms with Gasteiger partial charge in [0.1, 0.15) is 11.8 Å². The van der Waals surface area contributed by atoms with Crippen molar-refractivity contribution < 1.29 is 31.5 Å². The van der Waals surface area contributed by atoms with E-state index in [-0.39, 0.29) is 49.5 Å². The van der Waals surface area contributed by atoms with E-state index in [9.17, 15) is 26.8 Å². The van der Waals surface area contributed by atoms with Crippen LogP contribution in [0.15, 0.2) is 42.5 Å². The molecule has 0 aliphatic heterocycles. The highest BCUT2D eigenvalue weighted by atomic mass is 32.2. The van der Waals surface area contributed by atoms with Gasteiger partial charge >= 0.3 is 0 Å². The smallest absolute Gasteiger partial charge is 0.243 e. The molecule has 2 amide bonds. The third kappa shape index (κ3) is 8.68. The average Bonchev–Trinajstić information content (AvgIpc) is 2.87. The van der Waals surface area contributed by atoms with Gasteiger partial charge in [-0.15, -0.1) is 0 Å². The molecule has 0 fully saturated rings. The molecule has 0 radical (unpaired) electrons. The lowest BCUT2D eigenvalue weighted by Crippen LogP contribution is -2.50. The number of rotatable bonds is 14. The number of anilines is 1. The molecule has 210 valence electrons. The number of amides is 2. The maximum absolute atomic E-state index is 13.8. The van der Waals surface area contributed by atoms with E-state index in [2.05, 4.69) is 5.32 Å². The first-order chi connectivity index (χ1) is 17.9. The van der Waals surface area contributed by atoms with Gasteiger partial charge in [0.15, 0.2) is 11.6 Å². The number of hydrogen-bond donors (Lipinski definition) is 1. The fourth-order valence-corrected chi connectivity index (χ4v) is 4.93. The summed E-state index contributed by atoms with van der Waals surface area (Å²) in [4.78, 5) is 28.0. The summed E-state index contributed by atoms with van der Waals surface area (Å²) in [6.07, 6.45) is 2.10. The Morgan fingerprint density at radius 1 is 1.05 bits per heavy atom. The molecule has 2 unspecified atom stereocenters. The molecule has 2 aromatic carbocycles. The number of halogens is 2. The van der Waals surface area contributed by atoms with E-state index in [1.807, 2.05) is 26.8 Å². The van der Waals surface area contributed by atoms with Crippen LogP contribution in [0.3, 0.4) is 0 Å². The lowest BCUT2D eigenvalue weighted by molar-refractivity contribution is -0.141. The monoisotopic (exact) mass is 553 g/mol. The van der Waals surface area contributed by atoms with Gasteiger partial charge in [-0.2, -0.15) is 0 Å². The number of nitrogens with one attached hydrogen (secondary N) is 1. The number of carbonyl (C=O) groups is 2. The summed E-state index contributed by atoms with van der Waals surface area (Å²) < 4.78 is 58.1. The van der Waals surface area contributed by atoms with Crippen LogP contribution in [0.4, 0.5) is 14.5 Å². The van der Waals surface area contributed by atoms with Gasteiger partial charge in [-0.25, -0.2) is 17.2 Å². The third-order valence-electron chi connectivity index (χ3n) is 6.22. The highest BCUT2D eigenvalue weighted by Gasteiger charge is 2.29. The zero-order valence-corrected chi connectivity index (χ0v) is 23.4. The van der Waals surface area contributed by atoms with Crippen molar-refractivity contribution in [3.8, 4) is 5.75 Å². The predicted molar refractivity (Wildman–Crippen MR) is 143 cm³/mol. The van der Waals surface area contributed by atoms with Crippen LogP contribution in [-0.2, 0) is 26.2 Å². The molecule has 38 heavy (non-hydrogen) atoms. The average molecular weight is 554 g/mol. The van der Waals surface area contributed by atoms with E-state index in [1.165, 1.54) is 18.1 Å². The van der Waals surface area contributed by atoms with E-state index < -0.39 is 27.7 Å². The van der Waals surface area contributed by atoms with Crippen LogP contribution in [0.25, 0.3) is 0 Å². The molecule has 8 nitrogen and oxygen atoms in total. The second-order valence-electron chi connectivity index (χ2n) is 9.15. The predicted octanol–water partition coefficient (Wildman–Crippen LogP) is 4.24. The van der Waals surface area contributed by atoms with E-state index in [0.29, 0.717) is 12.2 Å². The zero-order valence-electron chi connectivity index (χ0n) is 22.5. The highest BCUT2D eigenvalue weighted by Crippen LogP contribution is 2.22. The first-order valence-electron chi connectivity index (χ1n) is 12.6. The molecule has 0 aliphatic rings. The summed E-state index contributed by atoms with van der Waals surface area (Å²) in [6.45, 7) is 5.68. The minimum absolute atomic E-state index is 0.0357. The Morgan fingerprint density at radius 2 is 1.76 bits per heavy atom. The maximum Gasteiger partial charge on any atom is 0.243 e. The van der Waals surface area contributed by atoms with Gasteiger partial charge in [0.25, 0.3) is 0 Å². The molecule has 2 rings (SSSR count). The Labute approximate surface area is 224 Å². The summed E-state index contributed by atoms with van der Waals surface area (Å²) >= 11 is 0. The molecular weight excluding hydrogens is 516 g/mol. The van der Waals surface area contributed by atoms with Gasteiger partial charge < -0.3 is 15.0 Å². The van der Waals surface area contributed by atoms with Gasteiger partial charge in [-0.1, -0.05) is 26.0 Å². The molecule has 2 aromatic rings. The Balaban J connectivity index is 2.26. The van der Waals surface area contributed by atoms with Crippen molar-refractivity contribution in [1.29, 1.82) is 0 Å². The molecule has 0 saturated carbocycles. The number of hydrogen-bond acceptors (Lipinski definition) is 5. The van der Waals surface area contributed by atoms with Crippen LogP contribution in [0.5, 0.6) is 5.75 Å². The molecule has 0 bridgehead atoms. The van der Waals surface area contributed by atoms with Crippen LogP contribution in [0.1, 0.15) is 52.0 Å². The second-order valence-corrected chi connectivity index (χ2v) is 11.1. The number of methoxy groups -OCH3 is 1. The molecule has 0 spiro atoms. The lowest BCUT2D eigenvalue weighted by Gasteiger charge is -2.32. The standard InChI is InChI=1S/C27H37F2N3O5S/c1-6-19(3)30-27(34)25(7-2)31(18-20-10-8-11-22(16-20)37-4)26(33)12-9-15-32(38(5,35)36)21-13-14-23(28)24(29)17-21/h8,10-11,13-14,16-17,19,25H,6-7,9,12,15,18H2,1-5H3,(H,30,34). The Hall–Kier alpha value is -3.21. The van der Waals surface area contributed by atoms with Gasteiger partial charge in [-0.3, -0.25) is 13.9 Å². The molecule has 0 aliphatic carbocycles. The molecule has 0 aromatic heterocycles. The third-order valence-corrected chi connectivity index (χ3v) is 7.41. The normalized spacial score (nSPS) is 12.9. The van der Waals surface area contributed by atoms with Crippen LogP contribution in [0, 0.1) is 11.6 Å². The second kappa shape index (κ2) is 14.1. The van der Waals surface area contributed by atoms with Crippen LogP contribution in [-0.4, -0.2) is 57.1 Å². The molecule has 2 atom stereocenters. The van der Waals surface area contributed by atoms with Gasteiger partial charge in [0.2, 0.25) is 21.8 Å². The molecule has 11 heteroatoms. The fraction of sp³-hybridized carbons (Fsp3) is 0.481. The van der Waals surface area contributed by atoms with Gasteiger partial charge in [0, 0.05) is 31.6 Å². The lowest BCUT2D eigenvalue weighted by atomic mass is 10.1. The van der Waals surface area contributed by atoms with Crippen molar-refractivity contribution >= 4 is 27.5 Å². The number of ether oxygens (including phenoxy) is 1. The van der Waals surface area contributed by atoms with Crippen LogP contribution >= 0.6 is 0 Å². The van der Waals surface area contributed by atoms with Crippen molar-refractivity contribution in [3.63, 3.8) is 0 Å². The molecule has 1 N–H and O–H groups in total. The van der Waals surface area contributed by atoms with E-state index in [0.717, 1.165) is 34.7 Å². The molecular formula is C27H37F2N3O5S. The first kappa shape index (κ1) is 31.0. The fourth-order valence-electron chi connectivity index (χ4n) is 3.97. The topological polar surface area (TPSA) is 96.0 Å². The maximum atomic E-state index is 13.8. The van der Waals surface area contributed by atoms with E-state index >= 15 is 0 Å². The van der Waals surface area contributed by atoms with Crippen molar-refractivity contribution in [1.82, 2.24) is 10.2 Å². The van der Waals surface area contributed by atoms with Crippen LogP contribution < -0.4 is 14.4 Å². The number of benzene rings is 2. The van der Waals surface area contributed by atoms with Crippen molar-refractivity contribution in [2.75, 3.05) is 24.2 Å². The number of carbonyl (C=O) groups excluding carboxylic acids is 2. The Bertz CT molecular complexity index is 1210. The largest absolute Gasteiger partial charge is 0.497 e. The minimum Gasteiger partial charge on any atom is -0.497 e. The summed E-state index contributed by atoms with van der Waals surface area (Å²) in [6, 6.07) is 9.21. The minimum atomic E-state index is -3.83. The number of nitrogens with zero attached hydrogens (tertiary/aromatic N) is 2. The Kier molecular flexibility index (Phi) is 11.5. The van der Waals surface area contributed by atoms with Gasteiger partial charge in [0.05, 0.1) is 19.1 Å². The van der Waals surface area contributed by atoms with Crippen molar-refractivity contribution in [3.05, 3.63) is 59.7 Å². The summed E-state index contributed by atoms with van der Waals surface area (Å²) in [7, 11) is -2.29. The highest BCUT2D eigenvalue weighted by molar-refractivity contribution is 7.92. The number of sulfonamides is 1. The van der Waals surface area contributed by atoms with Crippen molar-refractivity contribution in [2.24, 2.45) is 0 Å². The van der Waals surface area contributed by atoms with Gasteiger partial charge in [-0.05, 0) is 56.0 Å². The molecule has 0 heterocycles. The van der Waals surface area contributed by atoms with Crippen molar-refractivity contribution in [2.45, 2.75) is 65.1 Å². The van der Waals surface area contributed by atoms with E-state index in [4.69, 9.17) is 4.74 Å². The van der Waals surface area contributed by atoms with E-state index in [1.54, 1.807) is 18.2 Å². The Morgan fingerprint density at radius 3 is 2.34 bits per heavy atom.